The minimum absolute atomic E-state index is 0.0569. The molecule has 0 amide bonds. The Morgan fingerprint density at radius 2 is 0.862 bits per heavy atom. The van der Waals surface area contributed by atoms with Crippen LogP contribution in [-0.4, -0.2) is 50.6 Å². The molecule has 0 radical (unpaired) electrons. The molecular weight excluding hydrogens is 852 g/mol. The molecule has 6 heterocycles. The van der Waals surface area contributed by atoms with Crippen molar-refractivity contribution in [3.63, 3.8) is 0 Å². The number of furan rings is 6. The maximum atomic E-state index is 12.8. The van der Waals surface area contributed by atoms with Crippen molar-refractivity contribution in [2.75, 3.05) is 0 Å². The van der Waals surface area contributed by atoms with Crippen LogP contribution in [0.4, 0.5) is 0 Å². The lowest BCUT2D eigenvalue weighted by molar-refractivity contribution is -0.148. The minimum Gasteiger partial charge on any atom is -0.463 e. The summed E-state index contributed by atoms with van der Waals surface area (Å²) >= 11 is 0. The Bertz CT molecular complexity index is 2380. The molecule has 65 heavy (non-hydrogen) atoms. The summed E-state index contributed by atoms with van der Waals surface area (Å²) in [6.45, 7) is 9.77. The first-order chi connectivity index (χ1) is 31.1. The summed E-state index contributed by atoms with van der Waals surface area (Å²) in [5.74, 6) is 0.403. The van der Waals surface area contributed by atoms with Crippen LogP contribution in [0.1, 0.15) is 156 Å². The summed E-state index contributed by atoms with van der Waals surface area (Å²) in [5, 5.41) is 28.6. The van der Waals surface area contributed by atoms with Crippen molar-refractivity contribution in [1.82, 2.24) is 0 Å². The number of carbonyl (C=O) groups is 6. The van der Waals surface area contributed by atoms with Crippen molar-refractivity contribution in [2.45, 2.75) is 112 Å². The lowest BCUT2D eigenvalue weighted by Gasteiger charge is -2.13. The number of rotatable bonds is 20. The smallest absolute Gasteiger partial charge is 0.306 e. The molecule has 0 bridgehead atoms. The molecule has 0 aliphatic carbocycles. The topological polar surface area (TPSA) is 270 Å². The fourth-order valence-corrected chi connectivity index (χ4v) is 5.50. The molecule has 0 spiro atoms. The van der Waals surface area contributed by atoms with E-state index in [-0.39, 0.29) is 73.0 Å². The predicted molar refractivity (Wildman–Crippen MR) is 224 cm³/mol. The van der Waals surface area contributed by atoms with Gasteiger partial charge in [0.25, 0.3) is 0 Å². The van der Waals surface area contributed by atoms with E-state index in [9.17, 15) is 39.0 Å². The summed E-state index contributed by atoms with van der Waals surface area (Å²) in [6, 6.07) is 18.7. The van der Waals surface area contributed by atoms with Crippen LogP contribution in [0, 0.1) is 0 Å². The van der Waals surface area contributed by atoms with Crippen LogP contribution < -0.4 is 0 Å². The third-order valence-corrected chi connectivity index (χ3v) is 9.11. The number of esters is 3. The molecule has 18 heteroatoms. The van der Waals surface area contributed by atoms with Gasteiger partial charge in [0.2, 0.25) is 23.5 Å². The minimum atomic E-state index is -1.42. The molecule has 6 rings (SSSR count). The van der Waals surface area contributed by atoms with Crippen molar-refractivity contribution in [3.05, 3.63) is 142 Å². The zero-order valence-corrected chi connectivity index (χ0v) is 36.8. The Kier molecular flexibility index (Phi) is 19.3. The van der Waals surface area contributed by atoms with E-state index in [0.717, 1.165) is 17.9 Å². The molecule has 6 aromatic heterocycles. The largest absolute Gasteiger partial charge is 0.463 e. The van der Waals surface area contributed by atoms with E-state index in [4.69, 9.17) is 45.8 Å². The number of hydrogen-bond acceptors (Lipinski definition) is 18. The summed E-state index contributed by atoms with van der Waals surface area (Å²) in [4.78, 5) is 70.7. The average molecular weight is 905 g/mol. The molecule has 18 nitrogen and oxygen atoms in total. The molecule has 3 atom stereocenters. The Morgan fingerprint density at radius 3 is 1.32 bits per heavy atom. The van der Waals surface area contributed by atoms with Gasteiger partial charge in [0, 0.05) is 39.0 Å². The van der Waals surface area contributed by atoms with Crippen molar-refractivity contribution in [3.8, 4) is 0 Å². The molecule has 3 N–H and O–H groups in total. The molecule has 0 saturated carbocycles. The van der Waals surface area contributed by atoms with Crippen molar-refractivity contribution in [2.24, 2.45) is 0 Å². The molecule has 0 fully saturated rings. The highest BCUT2D eigenvalue weighted by Crippen LogP contribution is 2.28. The third-order valence-electron chi connectivity index (χ3n) is 9.11. The van der Waals surface area contributed by atoms with Gasteiger partial charge >= 0.3 is 17.9 Å². The Balaban J connectivity index is 0.000000223. The van der Waals surface area contributed by atoms with Crippen LogP contribution in [0.2, 0.25) is 0 Å². The summed E-state index contributed by atoms with van der Waals surface area (Å²) < 4.78 is 47.0. The molecule has 0 aliphatic rings. The Hall–Kier alpha value is -7.02. The monoisotopic (exact) mass is 904 g/mol. The maximum Gasteiger partial charge on any atom is 0.306 e. The number of Topliss-reactive ketones (excluding diaryl/α,β-unsaturated/α-hetero) is 3. The first-order valence-corrected chi connectivity index (χ1v) is 20.7. The maximum absolute atomic E-state index is 12.8. The summed E-state index contributed by atoms with van der Waals surface area (Å²) in [7, 11) is 0. The van der Waals surface area contributed by atoms with E-state index in [1.807, 2.05) is 20.8 Å². The number of hydrogen-bond donors (Lipinski definition) is 3. The van der Waals surface area contributed by atoms with Gasteiger partial charge in [0.1, 0.15) is 65.9 Å². The zero-order valence-electron chi connectivity index (χ0n) is 36.8. The number of carbonyl (C=O) groups excluding carboxylic acids is 6. The number of aliphatic hydroxyl groups is 3. The fourth-order valence-electron chi connectivity index (χ4n) is 5.50. The predicted octanol–water partition coefficient (Wildman–Crippen LogP) is 8.02. The van der Waals surface area contributed by atoms with Gasteiger partial charge in [-0.25, -0.2) is 0 Å². The van der Waals surface area contributed by atoms with Crippen molar-refractivity contribution >= 4 is 35.3 Å². The lowest BCUT2D eigenvalue weighted by Crippen LogP contribution is -2.19. The molecule has 0 aromatic carbocycles. The molecule has 348 valence electrons. The number of aryl methyl sites for hydroxylation is 3. The molecule has 0 aliphatic heterocycles. The van der Waals surface area contributed by atoms with E-state index in [1.54, 1.807) is 44.2 Å². The van der Waals surface area contributed by atoms with Gasteiger partial charge < -0.3 is 56.0 Å². The van der Waals surface area contributed by atoms with E-state index < -0.39 is 53.6 Å². The van der Waals surface area contributed by atoms with Crippen LogP contribution in [0.25, 0.3) is 0 Å². The van der Waals surface area contributed by atoms with Crippen molar-refractivity contribution < 1.29 is 84.8 Å². The van der Waals surface area contributed by atoms with Gasteiger partial charge in [-0.15, -0.1) is 0 Å². The normalized spacial score (nSPS) is 12.1. The van der Waals surface area contributed by atoms with E-state index in [1.165, 1.54) is 49.4 Å². The molecular formula is C47H52O18. The number of aliphatic hydroxyl groups excluding tert-OH is 3. The highest BCUT2D eigenvalue weighted by molar-refractivity contribution is 5.99. The van der Waals surface area contributed by atoms with Gasteiger partial charge in [-0.2, -0.15) is 0 Å². The van der Waals surface area contributed by atoms with E-state index in [0.29, 0.717) is 30.1 Å². The highest BCUT2D eigenvalue weighted by Gasteiger charge is 2.32. The van der Waals surface area contributed by atoms with Crippen LogP contribution in [0.5, 0.6) is 0 Å². The van der Waals surface area contributed by atoms with Crippen LogP contribution in [-0.2, 0) is 67.7 Å². The van der Waals surface area contributed by atoms with E-state index in [2.05, 4.69) is 0 Å². The summed E-state index contributed by atoms with van der Waals surface area (Å²) in [5.41, 5.74) is 0. The van der Waals surface area contributed by atoms with Gasteiger partial charge in [-0.3, -0.25) is 28.8 Å². The van der Waals surface area contributed by atoms with Crippen LogP contribution in [0.15, 0.2) is 99.3 Å². The lowest BCUT2D eigenvalue weighted by atomic mass is 10.1. The molecule has 3 unspecified atom stereocenters. The SMILES string of the molecule is CCC(=O)OCc1ccc(C(OC(=O)CC)C(=O)c2ccc(COC(C)=O)o2)o1.CCc1ccc(C(=O)C(O)c2ccc(CC)o2)o1.CCc1ccc(C(=O)C(O)c2ccc(CO)o2)o1. The van der Waals surface area contributed by atoms with E-state index >= 15 is 0 Å². The number of ketones is 3. The standard InChI is InChI=1S/C20H22O9.C14H16O4.C13H14O5/c1-4-17(22)26-11-14-7-9-16(28-14)20(29-18(23)5-2)19(24)15-8-6-13(27-15)10-25-12(3)21;1-3-9-5-7-11(17-9)13(15)14(16)12-8-6-10(4-2)18-12;1-2-8-3-5-10(17-8)12(15)13(16)11-6-4-9(7-14)18-11/h6-9,20H,4-5,10-11H2,1-3H3;5-8,13,15H,3-4H2,1-2H3;3-6,13-14,16H,2,7H2,1H3. The first kappa shape index (κ1) is 50.6. The van der Waals surface area contributed by atoms with Gasteiger partial charge in [-0.1, -0.05) is 34.6 Å². The number of ether oxygens (including phenoxy) is 3. The van der Waals surface area contributed by atoms with Gasteiger partial charge in [0.05, 0.1) is 0 Å². The average Bonchev–Trinajstić information content (AvgIpc) is 4.19. The van der Waals surface area contributed by atoms with Crippen LogP contribution in [0.3, 0.4) is 0 Å². The quantitative estimate of drug-likeness (QED) is 0.0371. The summed E-state index contributed by atoms with van der Waals surface area (Å²) in [6.07, 6.45) is -1.70. The Morgan fingerprint density at radius 1 is 0.477 bits per heavy atom. The second kappa shape index (κ2) is 24.7. The second-order valence-corrected chi connectivity index (χ2v) is 13.8. The first-order valence-electron chi connectivity index (χ1n) is 20.7. The third kappa shape index (κ3) is 14.5. The second-order valence-electron chi connectivity index (χ2n) is 13.8. The van der Waals surface area contributed by atoms with Crippen molar-refractivity contribution in [1.29, 1.82) is 0 Å². The highest BCUT2D eigenvalue weighted by atomic mass is 16.6. The molecule has 6 aromatic rings. The Labute approximate surface area is 373 Å². The van der Waals surface area contributed by atoms with Gasteiger partial charge in [0.15, 0.2) is 35.2 Å². The van der Waals surface area contributed by atoms with Gasteiger partial charge in [-0.05, 0) is 72.8 Å². The fraction of sp³-hybridized carbons (Fsp3) is 0.362. The zero-order chi connectivity index (χ0) is 47.6. The van der Waals surface area contributed by atoms with Crippen LogP contribution >= 0.6 is 0 Å². The molecule has 0 saturated heterocycles.